The van der Waals surface area contributed by atoms with Gasteiger partial charge in [0.1, 0.15) is 0 Å². The molecule has 0 bridgehead atoms. The Morgan fingerprint density at radius 1 is 1.11 bits per heavy atom. The maximum atomic E-state index is 9.47. The Morgan fingerprint density at radius 3 is 2.26 bits per heavy atom. The van der Waals surface area contributed by atoms with Crippen molar-refractivity contribution in [2.24, 2.45) is 0 Å². The Morgan fingerprint density at radius 2 is 1.74 bits per heavy atom. The highest BCUT2D eigenvalue weighted by atomic mass is 16.3. The van der Waals surface area contributed by atoms with E-state index < -0.39 is 0 Å². The van der Waals surface area contributed by atoms with Gasteiger partial charge in [-0.05, 0) is 65.8 Å². The number of hydrogen-bond donors (Lipinski definition) is 2. The van der Waals surface area contributed by atoms with Crippen molar-refractivity contribution in [2.75, 3.05) is 46.4 Å². The second-order valence-corrected chi connectivity index (χ2v) is 6.57. The molecule has 0 aromatic heterocycles. The summed E-state index contributed by atoms with van der Waals surface area (Å²) in [6.45, 7) is 8.24. The third-order valence-corrected chi connectivity index (χ3v) is 4.99. The summed E-state index contributed by atoms with van der Waals surface area (Å²) in [5.74, 6) is 0. The van der Waals surface area contributed by atoms with Crippen LogP contribution < -0.4 is 5.32 Å². The molecule has 0 spiro atoms. The Balaban J connectivity index is 1.75. The molecule has 2 rings (SSSR count). The molecule has 0 saturated carbocycles. The van der Waals surface area contributed by atoms with E-state index in [1.807, 2.05) is 7.05 Å². The quantitative estimate of drug-likeness (QED) is 0.778. The van der Waals surface area contributed by atoms with Crippen LogP contribution in [0.2, 0.25) is 0 Å². The first-order chi connectivity index (χ1) is 9.17. The third-order valence-electron chi connectivity index (χ3n) is 4.99. The molecule has 1 atom stereocenters. The van der Waals surface area contributed by atoms with Crippen molar-refractivity contribution in [1.29, 1.82) is 0 Å². The van der Waals surface area contributed by atoms with E-state index in [9.17, 15) is 5.11 Å². The van der Waals surface area contributed by atoms with Crippen LogP contribution in [0.4, 0.5) is 0 Å². The van der Waals surface area contributed by atoms with Gasteiger partial charge in [-0.3, -0.25) is 0 Å². The first kappa shape index (κ1) is 15.2. The summed E-state index contributed by atoms with van der Waals surface area (Å²) in [6, 6.07) is 0.812. The number of aliphatic hydroxyl groups excluding tert-OH is 1. The highest BCUT2D eigenvalue weighted by molar-refractivity contribution is 4.88. The normalized spacial score (nSPS) is 27.3. The maximum absolute atomic E-state index is 9.47. The van der Waals surface area contributed by atoms with Gasteiger partial charge in [-0.25, -0.2) is 0 Å². The standard InChI is InChI=1S/C15H31N3O/c1-15(13-19,16-2)12-17-10-6-14(7-11-17)18-8-4-3-5-9-18/h14,16,19H,3-13H2,1-2H3. The Labute approximate surface area is 118 Å². The van der Waals surface area contributed by atoms with E-state index in [-0.39, 0.29) is 12.1 Å². The van der Waals surface area contributed by atoms with Gasteiger partial charge in [-0.1, -0.05) is 6.42 Å². The summed E-state index contributed by atoms with van der Waals surface area (Å²) in [6.07, 6.45) is 6.80. The zero-order valence-corrected chi connectivity index (χ0v) is 12.7. The van der Waals surface area contributed by atoms with Crippen molar-refractivity contribution in [3.8, 4) is 0 Å². The number of nitrogens with zero attached hydrogens (tertiary/aromatic N) is 2. The molecule has 2 aliphatic rings. The average Bonchev–Trinajstić information content (AvgIpc) is 2.49. The Kier molecular flexibility index (Phi) is 5.63. The van der Waals surface area contributed by atoms with E-state index in [1.54, 1.807) is 0 Å². The van der Waals surface area contributed by atoms with E-state index in [0.29, 0.717) is 0 Å². The smallest absolute Gasteiger partial charge is 0.0623 e. The summed E-state index contributed by atoms with van der Waals surface area (Å²) < 4.78 is 0. The number of rotatable bonds is 5. The summed E-state index contributed by atoms with van der Waals surface area (Å²) >= 11 is 0. The second-order valence-electron chi connectivity index (χ2n) is 6.57. The molecule has 1 unspecified atom stereocenters. The maximum Gasteiger partial charge on any atom is 0.0623 e. The molecule has 2 fully saturated rings. The van der Waals surface area contributed by atoms with Crippen LogP contribution >= 0.6 is 0 Å². The van der Waals surface area contributed by atoms with E-state index in [4.69, 9.17) is 0 Å². The molecular weight excluding hydrogens is 238 g/mol. The van der Waals surface area contributed by atoms with Gasteiger partial charge in [0.2, 0.25) is 0 Å². The largest absolute Gasteiger partial charge is 0.394 e. The molecular formula is C15H31N3O. The van der Waals surface area contributed by atoms with Crippen molar-refractivity contribution >= 4 is 0 Å². The van der Waals surface area contributed by atoms with E-state index in [2.05, 4.69) is 22.0 Å². The third kappa shape index (κ3) is 4.15. The van der Waals surface area contributed by atoms with Gasteiger partial charge in [0.05, 0.1) is 12.1 Å². The van der Waals surface area contributed by atoms with Crippen LogP contribution in [0.15, 0.2) is 0 Å². The van der Waals surface area contributed by atoms with Gasteiger partial charge in [-0.15, -0.1) is 0 Å². The minimum absolute atomic E-state index is 0.155. The Bertz CT molecular complexity index is 254. The molecule has 2 heterocycles. The van der Waals surface area contributed by atoms with Crippen molar-refractivity contribution in [3.05, 3.63) is 0 Å². The highest BCUT2D eigenvalue weighted by Crippen LogP contribution is 2.21. The minimum Gasteiger partial charge on any atom is -0.394 e. The van der Waals surface area contributed by atoms with E-state index in [0.717, 1.165) is 12.6 Å². The topological polar surface area (TPSA) is 38.7 Å². The predicted molar refractivity (Wildman–Crippen MR) is 79.4 cm³/mol. The molecule has 0 radical (unpaired) electrons. The lowest BCUT2D eigenvalue weighted by Gasteiger charge is -2.42. The second kappa shape index (κ2) is 7.02. The fourth-order valence-corrected chi connectivity index (χ4v) is 3.43. The van der Waals surface area contributed by atoms with Crippen LogP contribution in [0.25, 0.3) is 0 Å². The van der Waals surface area contributed by atoms with Crippen LogP contribution in [0.3, 0.4) is 0 Å². The van der Waals surface area contributed by atoms with Gasteiger partial charge in [-0.2, -0.15) is 0 Å². The van der Waals surface area contributed by atoms with Gasteiger partial charge in [0.25, 0.3) is 0 Å². The molecule has 0 amide bonds. The lowest BCUT2D eigenvalue weighted by atomic mass is 9.97. The predicted octanol–water partition coefficient (Wildman–Crippen LogP) is 0.907. The fourth-order valence-electron chi connectivity index (χ4n) is 3.43. The molecule has 2 aliphatic heterocycles. The molecule has 0 aliphatic carbocycles. The first-order valence-corrected chi connectivity index (χ1v) is 7.93. The summed E-state index contributed by atoms with van der Waals surface area (Å²) in [7, 11) is 1.94. The van der Waals surface area contributed by atoms with Crippen LogP contribution in [0.1, 0.15) is 39.0 Å². The summed E-state index contributed by atoms with van der Waals surface area (Å²) in [5.41, 5.74) is -0.155. The Hall–Kier alpha value is -0.160. The summed E-state index contributed by atoms with van der Waals surface area (Å²) in [4.78, 5) is 5.22. The van der Waals surface area contributed by atoms with Crippen molar-refractivity contribution in [3.63, 3.8) is 0 Å². The van der Waals surface area contributed by atoms with E-state index >= 15 is 0 Å². The molecule has 4 nitrogen and oxygen atoms in total. The number of aliphatic hydroxyl groups is 1. The monoisotopic (exact) mass is 269 g/mol. The number of nitrogens with one attached hydrogen (secondary N) is 1. The molecule has 112 valence electrons. The number of hydrogen-bond acceptors (Lipinski definition) is 4. The first-order valence-electron chi connectivity index (χ1n) is 7.93. The van der Waals surface area contributed by atoms with Crippen molar-refractivity contribution < 1.29 is 5.11 Å². The molecule has 19 heavy (non-hydrogen) atoms. The average molecular weight is 269 g/mol. The molecule has 4 heteroatoms. The van der Waals surface area contributed by atoms with Gasteiger partial charge >= 0.3 is 0 Å². The number of likely N-dealkylation sites (tertiary alicyclic amines) is 2. The SMILES string of the molecule is CNC(C)(CO)CN1CCC(N2CCCCC2)CC1. The molecule has 0 aromatic rings. The summed E-state index contributed by atoms with van der Waals surface area (Å²) in [5, 5.41) is 12.7. The van der Waals surface area contributed by atoms with E-state index in [1.165, 1.54) is 58.3 Å². The van der Waals surface area contributed by atoms with Gasteiger partial charge in [0, 0.05) is 12.6 Å². The lowest BCUT2D eigenvalue weighted by molar-refractivity contribution is 0.0666. The van der Waals surface area contributed by atoms with Gasteiger partial charge < -0.3 is 20.2 Å². The minimum atomic E-state index is -0.155. The molecule has 0 aromatic carbocycles. The van der Waals surface area contributed by atoms with Crippen LogP contribution in [-0.2, 0) is 0 Å². The van der Waals surface area contributed by atoms with Crippen LogP contribution in [0.5, 0.6) is 0 Å². The van der Waals surface area contributed by atoms with Crippen LogP contribution in [0, 0.1) is 0 Å². The van der Waals surface area contributed by atoms with Crippen molar-refractivity contribution in [1.82, 2.24) is 15.1 Å². The van der Waals surface area contributed by atoms with Crippen LogP contribution in [-0.4, -0.2) is 72.9 Å². The lowest BCUT2D eigenvalue weighted by Crippen LogP contribution is -2.55. The number of likely N-dealkylation sites (N-methyl/N-ethyl adjacent to an activating group) is 1. The fraction of sp³-hybridized carbons (Fsp3) is 1.00. The van der Waals surface area contributed by atoms with Crippen molar-refractivity contribution in [2.45, 2.75) is 50.6 Å². The molecule has 2 saturated heterocycles. The van der Waals surface area contributed by atoms with Gasteiger partial charge in [0.15, 0.2) is 0 Å². The molecule has 2 N–H and O–H groups in total. The zero-order valence-electron chi connectivity index (χ0n) is 12.7. The highest BCUT2D eigenvalue weighted by Gasteiger charge is 2.29. The zero-order chi connectivity index (χ0) is 13.7. The number of piperidine rings is 2.